The molecule has 0 bridgehead atoms. The molecule has 1 aromatic carbocycles. The Morgan fingerprint density at radius 1 is 1.06 bits per heavy atom. The number of piperidine rings is 2. The van der Waals surface area contributed by atoms with E-state index < -0.39 is 11.9 Å². The minimum Gasteiger partial charge on any atom is -0.356 e. The van der Waals surface area contributed by atoms with Crippen LogP contribution >= 0.6 is 0 Å². The van der Waals surface area contributed by atoms with Crippen LogP contribution in [0.3, 0.4) is 0 Å². The monoisotopic (exact) mass is 496 g/mol. The Hall–Kier alpha value is -3.69. The molecular weight excluding hydrogens is 469 g/mol. The van der Waals surface area contributed by atoms with Crippen LogP contribution in [0.25, 0.3) is 11.1 Å². The van der Waals surface area contributed by atoms with Crippen molar-refractivity contribution in [2.24, 2.45) is 5.41 Å². The molecule has 7 nitrogen and oxygen atoms in total. The van der Waals surface area contributed by atoms with E-state index in [1.54, 1.807) is 6.20 Å². The molecule has 3 aromatic rings. The molecule has 1 amide bonds. The van der Waals surface area contributed by atoms with Gasteiger partial charge in [0.1, 0.15) is 11.5 Å². The van der Waals surface area contributed by atoms with E-state index in [1.165, 1.54) is 0 Å². The third-order valence-corrected chi connectivity index (χ3v) is 6.86. The molecule has 10 heteroatoms. The van der Waals surface area contributed by atoms with Gasteiger partial charge < -0.3 is 15.5 Å². The molecular formula is C26H27F3N6O. The molecule has 2 fully saturated rings. The van der Waals surface area contributed by atoms with Crippen LogP contribution in [-0.2, 0) is 11.0 Å². The van der Waals surface area contributed by atoms with E-state index >= 15 is 0 Å². The zero-order valence-electron chi connectivity index (χ0n) is 19.9. The molecule has 2 N–H and O–H groups in total. The molecule has 4 heterocycles. The molecule has 0 radical (unpaired) electrons. The van der Waals surface area contributed by atoms with Crippen LogP contribution in [0.15, 0.2) is 48.8 Å². The van der Waals surface area contributed by atoms with Crippen LogP contribution < -0.4 is 15.5 Å². The maximum atomic E-state index is 13.0. The molecule has 2 aliphatic heterocycles. The Morgan fingerprint density at radius 2 is 1.89 bits per heavy atom. The average molecular weight is 497 g/mol. The SMILES string of the molecule is Cc1cc(Nc2nccc(C(F)(F)F)n2)cc(-c2ccc(N3CCCC4(CCCNC4=O)C3)nc2)c1. The largest absolute Gasteiger partial charge is 0.433 e. The summed E-state index contributed by atoms with van der Waals surface area (Å²) < 4.78 is 39.0. The Morgan fingerprint density at radius 3 is 2.64 bits per heavy atom. The third kappa shape index (κ3) is 4.98. The van der Waals surface area contributed by atoms with Gasteiger partial charge in [-0.05, 0) is 74.1 Å². The minimum absolute atomic E-state index is 0.124. The van der Waals surface area contributed by atoms with E-state index in [4.69, 9.17) is 0 Å². The highest BCUT2D eigenvalue weighted by atomic mass is 19.4. The number of rotatable bonds is 4. The van der Waals surface area contributed by atoms with E-state index in [-0.39, 0.29) is 17.3 Å². The van der Waals surface area contributed by atoms with Crippen LogP contribution in [0.2, 0.25) is 0 Å². The van der Waals surface area contributed by atoms with Crippen molar-refractivity contribution in [1.29, 1.82) is 0 Å². The molecule has 1 spiro atoms. The number of aryl methyl sites for hydroxylation is 1. The van der Waals surface area contributed by atoms with Gasteiger partial charge in [-0.15, -0.1) is 0 Å². The first-order valence-electron chi connectivity index (χ1n) is 12.0. The first-order chi connectivity index (χ1) is 17.2. The van der Waals surface area contributed by atoms with E-state index in [9.17, 15) is 18.0 Å². The standard InChI is InChI=1S/C26H27F3N6O/c1-17-12-19(14-20(13-17)33-24-31-10-6-21(34-24)26(27,28)29)18-4-5-22(32-15-18)35-11-3-8-25(16-35)7-2-9-30-23(25)36/h4-6,10,12-15H,2-3,7-9,11,16H2,1H3,(H,30,36)(H,31,33,34). The summed E-state index contributed by atoms with van der Waals surface area (Å²) >= 11 is 0. The number of pyridine rings is 1. The highest BCUT2D eigenvalue weighted by molar-refractivity contribution is 5.84. The van der Waals surface area contributed by atoms with Gasteiger partial charge >= 0.3 is 6.18 Å². The smallest absolute Gasteiger partial charge is 0.356 e. The number of benzene rings is 1. The first-order valence-corrected chi connectivity index (χ1v) is 12.0. The third-order valence-electron chi connectivity index (χ3n) is 6.86. The molecule has 2 aliphatic rings. The van der Waals surface area contributed by atoms with Gasteiger partial charge in [0.2, 0.25) is 11.9 Å². The Kier molecular flexibility index (Phi) is 6.27. The summed E-state index contributed by atoms with van der Waals surface area (Å²) in [6, 6.07) is 10.4. The van der Waals surface area contributed by atoms with Crippen LogP contribution in [-0.4, -0.2) is 40.5 Å². The summed E-state index contributed by atoms with van der Waals surface area (Å²) in [5.41, 5.74) is 1.90. The van der Waals surface area contributed by atoms with Crippen LogP contribution in [0.5, 0.6) is 0 Å². The normalized spacial score (nSPS) is 20.3. The quantitative estimate of drug-likeness (QED) is 0.523. The van der Waals surface area contributed by atoms with Gasteiger partial charge in [-0.2, -0.15) is 13.2 Å². The van der Waals surface area contributed by atoms with Gasteiger partial charge in [0.05, 0.1) is 5.41 Å². The summed E-state index contributed by atoms with van der Waals surface area (Å²) in [7, 11) is 0. The van der Waals surface area contributed by atoms with E-state index in [0.717, 1.165) is 73.5 Å². The summed E-state index contributed by atoms with van der Waals surface area (Å²) in [6.45, 7) is 4.18. The fraction of sp³-hybridized carbons (Fsp3) is 0.385. The van der Waals surface area contributed by atoms with Crippen molar-refractivity contribution >= 4 is 23.4 Å². The zero-order valence-corrected chi connectivity index (χ0v) is 19.9. The van der Waals surface area contributed by atoms with Gasteiger partial charge in [0, 0.05) is 43.3 Å². The Bertz CT molecular complexity index is 1260. The highest BCUT2D eigenvalue weighted by Crippen LogP contribution is 2.38. The molecule has 2 aromatic heterocycles. The van der Waals surface area contributed by atoms with E-state index in [1.807, 2.05) is 37.3 Å². The summed E-state index contributed by atoms with van der Waals surface area (Å²) in [4.78, 5) is 27.0. The fourth-order valence-electron chi connectivity index (χ4n) is 5.12. The van der Waals surface area contributed by atoms with Gasteiger partial charge in [0.25, 0.3) is 0 Å². The van der Waals surface area contributed by atoms with Crippen molar-refractivity contribution in [2.75, 3.05) is 29.9 Å². The van der Waals surface area contributed by atoms with Crippen LogP contribution in [0, 0.1) is 12.3 Å². The maximum absolute atomic E-state index is 13.0. The zero-order chi connectivity index (χ0) is 25.3. The van der Waals surface area contributed by atoms with Crippen molar-refractivity contribution in [3.63, 3.8) is 0 Å². The topological polar surface area (TPSA) is 83.0 Å². The number of halogens is 3. The number of amides is 1. The second kappa shape index (κ2) is 9.40. The predicted octanol–water partition coefficient (Wildman–Crippen LogP) is 5.11. The minimum atomic E-state index is -4.54. The summed E-state index contributed by atoms with van der Waals surface area (Å²) in [6.07, 6.45) is 2.09. The van der Waals surface area contributed by atoms with Gasteiger partial charge in [-0.1, -0.05) is 6.07 Å². The number of carbonyl (C=O) groups is 1. The maximum Gasteiger partial charge on any atom is 0.433 e. The number of aromatic nitrogens is 3. The molecule has 188 valence electrons. The van der Waals surface area contributed by atoms with Crippen molar-refractivity contribution < 1.29 is 18.0 Å². The lowest BCUT2D eigenvalue weighted by molar-refractivity contribution is -0.141. The second-order valence-corrected chi connectivity index (χ2v) is 9.55. The van der Waals surface area contributed by atoms with E-state index in [0.29, 0.717) is 12.2 Å². The molecule has 0 saturated carbocycles. The Labute approximate surface area is 207 Å². The summed E-state index contributed by atoms with van der Waals surface area (Å²) in [5, 5.41) is 5.91. The average Bonchev–Trinajstić information content (AvgIpc) is 2.86. The van der Waals surface area contributed by atoms with Crippen molar-refractivity contribution in [3.05, 3.63) is 60.0 Å². The predicted molar refractivity (Wildman–Crippen MR) is 131 cm³/mol. The highest BCUT2D eigenvalue weighted by Gasteiger charge is 2.43. The van der Waals surface area contributed by atoms with Crippen molar-refractivity contribution in [1.82, 2.24) is 20.3 Å². The first kappa shape index (κ1) is 24.0. The second-order valence-electron chi connectivity index (χ2n) is 9.55. The molecule has 5 rings (SSSR count). The lowest BCUT2D eigenvalue weighted by Gasteiger charge is -2.44. The molecule has 1 atom stereocenters. The molecule has 1 unspecified atom stereocenters. The van der Waals surface area contributed by atoms with Gasteiger partial charge in [-0.3, -0.25) is 4.79 Å². The van der Waals surface area contributed by atoms with Crippen molar-refractivity contribution in [2.45, 2.75) is 38.8 Å². The number of hydrogen-bond donors (Lipinski definition) is 2. The van der Waals surface area contributed by atoms with Crippen LogP contribution in [0.4, 0.5) is 30.6 Å². The fourth-order valence-corrected chi connectivity index (χ4v) is 5.12. The number of alkyl halides is 3. The molecule has 36 heavy (non-hydrogen) atoms. The number of nitrogens with one attached hydrogen (secondary N) is 2. The van der Waals surface area contributed by atoms with Gasteiger partial charge in [0.15, 0.2) is 0 Å². The van der Waals surface area contributed by atoms with Gasteiger partial charge in [-0.25, -0.2) is 15.0 Å². The molecule has 0 aliphatic carbocycles. The van der Waals surface area contributed by atoms with E-state index in [2.05, 4.69) is 30.5 Å². The number of hydrogen-bond acceptors (Lipinski definition) is 6. The Balaban J connectivity index is 1.34. The number of anilines is 3. The van der Waals surface area contributed by atoms with Crippen molar-refractivity contribution in [3.8, 4) is 11.1 Å². The van der Waals surface area contributed by atoms with Crippen LogP contribution in [0.1, 0.15) is 36.9 Å². The number of carbonyl (C=O) groups excluding carboxylic acids is 1. The lowest BCUT2D eigenvalue weighted by atomic mass is 9.73. The number of nitrogens with zero attached hydrogens (tertiary/aromatic N) is 4. The summed E-state index contributed by atoms with van der Waals surface area (Å²) in [5.74, 6) is 0.861. The molecule has 2 saturated heterocycles. The lowest BCUT2D eigenvalue weighted by Crippen LogP contribution is -2.55.